The zero-order valence-electron chi connectivity index (χ0n) is 14.4. The van der Waals surface area contributed by atoms with Crippen molar-refractivity contribution in [2.24, 2.45) is 0 Å². The number of carbonyl (C=O) groups excluding carboxylic acids is 1. The van der Waals surface area contributed by atoms with Crippen molar-refractivity contribution in [1.29, 1.82) is 0 Å². The van der Waals surface area contributed by atoms with E-state index < -0.39 is 5.41 Å². The maximum atomic E-state index is 13.0. The lowest BCUT2D eigenvalue weighted by atomic mass is 9.70. The Kier molecular flexibility index (Phi) is 4.01. The SMILES string of the molecule is CCCCC1(c2ccc(C)c(C)c2C)C(=O)Oc2ccccc21. The minimum absolute atomic E-state index is 0.126. The van der Waals surface area contributed by atoms with E-state index in [0.717, 1.165) is 30.4 Å². The fraction of sp³-hybridized carbons (Fsp3) is 0.381. The summed E-state index contributed by atoms with van der Waals surface area (Å²) in [7, 11) is 0. The molecule has 1 atom stereocenters. The number of esters is 1. The highest BCUT2D eigenvalue weighted by Crippen LogP contribution is 2.48. The minimum Gasteiger partial charge on any atom is -0.425 e. The molecule has 23 heavy (non-hydrogen) atoms. The van der Waals surface area contributed by atoms with Gasteiger partial charge in [0.15, 0.2) is 0 Å². The van der Waals surface area contributed by atoms with Crippen molar-refractivity contribution < 1.29 is 9.53 Å². The van der Waals surface area contributed by atoms with Crippen LogP contribution in [-0.4, -0.2) is 5.97 Å². The highest BCUT2D eigenvalue weighted by atomic mass is 16.5. The lowest BCUT2D eigenvalue weighted by molar-refractivity contribution is -0.137. The second kappa shape index (κ2) is 5.84. The van der Waals surface area contributed by atoms with Crippen molar-refractivity contribution in [3.05, 3.63) is 64.2 Å². The summed E-state index contributed by atoms with van der Waals surface area (Å²) >= 11 is 0. The largest absolute Gasteiger partial charge is 0.425 e. The van der Waals surface area contributed by atoms with Crippen LogP contribution < -0.4 is 4.74 Å². The molecule has 0 saturated heterocycles. The van der Waals surface area contributed by atoms with Crippen LogP contribution in [0.15, 0.2) is 36.4 Å². The van der Waals surface area contributed by atoms with Gasteiger partial charge >= 0.3 is 5.97 Å². The highest BCUT2D eigenvalue weighted by molar-refractivity contribution is 5.94. The molecule has 2 nitrogen and oxygen atoms in total. The van der Waals surface area contributed by atoms with Gasteiger partial charge in [-0.1, -0.05) is 50.1 Å². The monoisotopic (exact) mass is 308 g/mol. The molecule has 3 rings (SSSR count). The molecule has 1 heterocycles. The molecule has 0 amide bonds. The van der Waals surface area contributed by atoms with E-state index in [-0.39, 0.29) is 5.97 Å². The van der Waals surface area contributed by atoms with Gasteiger partial charge in [0.2, 0.25) is 0 Å². The maximum Gasteiger partial charge on any atom is 0.326 e. The molecule has 2 heteroatoms. The Morgan fingerprint density at radius 1 is 0.957 bits per heavy atom. The molecule has 0 aromatic heterocycles. The molecule has 1 aliphatic rings. The summed E-state index contributed by atoms with van der Waals surface area (Å²) < 4.78 is 5.66. The van der Waals surface area contributed by atoms with E-state index in [1.165, 1.54) is 16.7 Å². The van der Waals surface area contributed by atoms with E-state index in [0.29, 0.717) is 5.75 Å². The summed E-state index contributed by atoms with van der Waals surface area (Å²) in [5.41, 5.74) is 5.19. The third-order valence-electron chi connectivity index (χ3n) is 5.32. The van der Waals surface area contributed by atoms with Gasteiger partial charge in [0.25, 0.3) is 0 Å². The normalized spacial score (nSPS) is 19.6. The smallest absolute Gasteiger partial charge is 0.326 e. The third-order valence-corrected chi connectivity index (χ3v) is 5.32. The molecule has 0 spiro atoms. The standard InChI is InChI=1S/C21H24O2/c1-5-6-13-21(17-12-11-14(2)15(3)16(17)4)18-9-7-8-10-19(18)23-20(21)22/h7-12H,5-6,13H2,1-4H3. The number of carbonyl (C=O) groups is 1. The summed E-state index contributed by atoms with van der Waals surface area (Å²) in [4.78, 5) is 13.0. The van der Waals surface area contributed by atoms with Gasteiger partial charge < -0.3 is 4.74 Å². The molecular weight excluding hydrogens is 284 g/mol. The van der Waals surface area contributed by atoms with Crippen molar-refractivity contribution in [1.82, 2.24) is 0 Å². The first kappa shape index (κ1) is 15.8. The van der Waals surface area contributed by atoms with E-state index in [2.05, 4.69) is 39.8 Å². The van der Waals surface area contributed by atoms with Crippen molar-refractivity contribution in [2.45, 2.75) is 52.4 Å². The molecule has 2 aromatic carbocycles. The van der Waals surface area contributed by atoms with Crippen molar-refractivity contribution in [3.8, 4) is 5.75 Å². The molecule has 120 valence electrons. The van der Waals surface area contributed by atoms with Crippen LogP contribution in [0.25, 0.3) is 0 Å². The van der Waals surface area contributed by atoms with Crippen LogP contribution >= 0.6 is 0 Å². The van der Waals surface area contributed by atoms with Crippen LogP contribution in [0.2, 0.25) is 0 Å². The predicted octanol–water partition coefficient (Wildman–Crippen LogP) is 5.01. The van der Waals surface area contributed by atoms with Crippen LogP contribution in [0.3, 0.4) is 0 Å². The van der Waals surface area contributed by atoms with Crippen molar-refractivity contribution >= 4 is 5.97 Å². The quantitative estimate of drug-likeness (QED) is 0.586. The van der Waals surface area contributed by atoms with E-state index >= 15 is 0 Å². The topological polar surface area (TPSA) is 26.3 Å². The predicted molar refractivity (Wildman–Crippen MR) is 93.0 cm³/mol. The fourth-order valence-corrected chi connectivity index (χ4v) is 3.69. The second-order valence-electron chi connectivity index (χ2n) is 6.57. The number of para-hydroxylation sites is 1. The van der Waals surface area contributed by atoms with Crippen molar-refractivity contribution in [2.75, 3.05) is 0 Å². The van der Waals surface area contributed by atoms with Crippen LogP contribution in [0.5, 0.6) is 5.75 Å². The van der Waals surface area contributed by atoms with Gasteiger partial charge in [0.05, 0.1) is 0 Å². The van der Waals surface area contributed by atoms with Gasteiger partial charge in [-0.2, -0.15) is 0 Å². The molecule has 1 unspecified atom stereocenters. The highest BCUT2D eigenvalue weighted by Gasteiger charge is 2.50. The van der Waals surface area contributed by atoms with Crippen LogP contribution in [0.4, 0.5) is 0 Å². The van der Waals surface area contributed by atoms with Gasteiger partial charge in [-0.25, -0.2) is 0 Å². The lowest BCUT2D eigenvalue weighted by Gasteiger charge is -2.29. The summed E-state index contributed by atoms with van der Waals surface area (Å²) in [6, 6.07) is 12.1. The summed E-state index contributed by atoms with van der Waals surface area (Å²) in [5.74, 6) is 0.588. The molecule has 0 fully saturated rings. The molecule has 1 aliphatic heterocycles. The fourth-order valence-electron chi connectivity index (χ4n) is 3.69. The number of fused-ring (bicyclic) bond motifs is 1. The Hall–Kier alpha value is -2.09. The van der Waals surface area contributed by atoms with Gasteiger partial charge in [-0.05, 0) is 55.5 Å². The number of aryl methyl sites for hydroxylation is 1. The average molecular weight is 308 g/mol. The van der Waals surface area contributed by atoms with E-state index in [4.69, 9.17) is 4.74 Å². The number of benzene rings is 2. The number of hydrogen-bond acceptors (Lipinski definition) is 2. The van der Waals surface area contributed by atoms with Crippen LogP contribution in [0.1, 0.15) is 54.0 Å². The lowest BCUT2D eigenvalue weighted by Crippen LogP contribution is -2.36. The van der Waals surface area contributed by atoms with Crippen molar-refractivity contribution in [3.63, 3.8) is 0 Å². The Bertz CT molecular complexity index is 760. The molecule has 0 aliphatic carbocycles. The number of ether oxygens (including phenoxy) is 1. The average Bonchev–Trinajstić information content (AvgIpc) is 2.83. The molecule has 0 saturated carbocycles. The van der Waals surface area contributed by atoms with Gasteiger partial charge in [0, 0.05) is 5.56 Å². The number of rotatable bonds is 4. The first-order valence-electron chi connectivity index (χ1n) is 8.41. The number of hydrogen-bond donors (Lipinski definition) is 0. The molecule has 0 N–H and O–H groups in total. The minimum atomic E-state index is -0.658. The Labute approximate surface area is 138 Å². The van der Waals surface area contributed by atoms with E-state index in [9.17, 15) is 4.79 Å². The molecule has 0 bridgehead atoms. The zero-order chi connectivity index (χ0) is 16.6. The third kappa shape index (κ3) is 2.28. The Morgan fingerprint density at radius 3 is 2.43 bits per heavy atom. The zero-order valence-corrected chi connectivity index (χ0v) is 14.4. The first-order chi connectivity index (χ1) is 11.0. The Balaban J connectivity index is 2.28. The van der Waals surface area contributed by atoms with Gasteiger partial charge in [0.1, 0.15) is 11.2 Å². The van der Waals surface area contributed by atoms with Crippen LogP contribution in [-0.2, 0) is 10.2 Å². The van der Waals surface area contributed by atoms with Gasteiger partial charge in [-0.15, -0.1) is 0 Å². The summed E-state index contributed by atoms with van der Waals surface area (Å²) in [5, 5.41) is 0. The Morgan fingerprint density at radius 2 is 1.70 bits per heavy atom. The van der Waals surface area contributed by atoms with Gasteiger partial charge in [-0.3, -0.25) is 4.79 Å². The van der Waals surface area contributed by atoms with E-state index in [1.54, 1.807) is 0 Å². The summed E-state index contributed by atoms with van der Waals surface area (Å²) in [6.45, 7) is 8.53. The molecule has 0 radical (unpaired) electrons. The van der Waals surface area contributed by atoms with Crippen LogP contribution in [0, 0.1) is 20.8 Å². The molecular formula is C21H24O2. The maximum absolute atomic E-state index is 13.0. The van der Waals surface area contributed by atoms with E-state index in [1.807, 2.05) is 24.3 Å². The summed E-state index contributed by atoms with van der Waals surface area (Å²) in [6.07, 6.45) is 2.85. The second-order valence-corrected chi connectivity index (χ2v) is 6.57. The molecule has 2 aromatic rings. The first-order valence-corrected chi connectivity index (χ1v) is 8.41. The number of unbranched alkanes of at least 4 members (excludes halogenated alkanes) is 1.